The van der Waals surface area contributed by atoms with Crippen LogP contribution in [0, 0.1) is 0 Å². The number of ether oxygens (including phenoxy) is 1. The van der Waals surface area contributed by atoms with Crippen molar-refractivity contribution < 1.29 is 18.1 Å². The molecule has 0 aliphatic rings. The lowest BCUT2D eigenvalue weighted by Gasteiger charge is -2.07. The minimum Gasteiger partial charge on any atom is -0.497 e. The lowest BCUT2D eigenvalue weighted by molar-refractivity contribution is 0.281. The first-order chi connectivity index (χ1) is 10.6. The van der Waals surface area contributed by atoms with Crippen molar-refractivity contribution in [2.75, 3.05) is 7.11 Å². The van der Waals surface area contributed by atoms with Crippen LogP contribution in [0.15, 0.2) is 47.3 Å². The van der Waals surface area contributed by atoms with Gasteiger partial charge in [0.05, 0.1) is 21.9 Å². The summed E-state index contributed by atoms with van der Waals surface area (Å²) in [6.45, 7) is -2.72. The normalized spacial score (nSPS) is 16.1. The molecule has 1 heterocycles. The van der Waals surface area contributed by atoms with Crippen LogP contribution in [-0.4, -0.2) is 16.8 Å². The van der Waals surface area contributed by atoms with Crippen molar-refractivity contribution in [1.82, 2.24) is 4.57 Å². The average molecular weight is 237 g/mol. The largest absolute Gasteiger partial charge is 0.497 e. The molecule has 2 aromatic rings. The highest BCUT2D eigenvalue weighted by atomic mass is 16.5. The highest BCUT2D eigenvalue weighted by molar-refractivity contribution is 5.38. The first-order valence-corrected chi connectivity index (χ1v) is 4.69. The monoisotopic (exact) mass is 237 g/mol. The van der Waals surface area contributed by atoms with Crippen molar-refractivity contribution in [3.63, 3.8) is 0 Å². The number of aliphatic hydroxyl groups is 1. The lowest BCUT2D eigenvalue weighted by Crippen LogP contribution is -2.17. The number of aromatic nitrogens is 1. The van der Waals surface area contributed by atoms with Crippen molar-refractivity contribution in [3.05, 3.63) is 58.4 Å². The summed E-state index contributed by atoms with van der Waals surface area (Å²) in [4.78, 5) is 12.0. The predicted octanol–water partition coefficient (Wildman–Crippen LogP) is 1.34. The van der Waals surface area contributed by atoms with E-state index in [-0.39, 0.29) is 17.0 Å². The van der Waals surface area contributed by atoms with Crippen molar-refractivity contribution in [3.8, 4) is 11.4 Å². The maximum Gasteiger partial charge on any atom is 0.255 e. The van der Waals surface area contributed by atoms with Gasteiger partial charge in [-0.2, -0.15) is 0 Å². The Hall–Kier alpha value is -2.07. The molecule has 0 saturated heterocycles. The van der Waals surface area contributed by atoms with Crippen LogP contribution < -0.4 is 10.3 Å². The summed E-state index contributed by atoms with van der Waals surface area (Å²) in [6.07, 6.45) is 0.944. The van der Waals surface area contributed by atoms with Crippen molar-refractivity contribution >= 4 is 0 Å². The molecule has 17 heavy (non-hydrogen) atoms. The molecule has 4 nitrogen and oxygen atoms in total. The SMILES string of the molecule is [2H]c1c([2H])c(-n2cc(C([2H])([2H])O)ccc2=O)c([2H])c([2H])c1OC. The Morgan fingerprint density at radius 3 is 2.71 bits per heavy atom. The van der Waals surface area contributed by atoms with Crippen molar-refractivity contribution in [2.24, 2.45) is 0 Å². The number of rotatable bonds is 3. The third kappa shape index (κ3) is 2.37. The summed E-state index contributed by atoms with van der Waals surface area (Å²) in [5.74, 6) is -0.259. The van der Waals surface area contributed by atoms with Gasteiger partial charge in [-0.3, -0.25) is 9.36 Å². The van der Waals surface area contributed by atoms with Crippen LogP contribution in [0.3, 0.4) is 0 Å². The zero-order valence-electron chi connectivity index (χ0n) is 14.9. The van der Waals surface area contributed by atoms with E-state index in [2.05, 4.69) is 0 Å². The molecule has 1 aromatic carbocycles. The first-order valence-electron chi connectivity index (χ1n) is 7.69. The van der Waals surface area contributed by atoms with Crippen LogP contribution in [0.4, 0.5) is 0 Å². The van der Waals surface area contributed by atoms with E-state index in [0.717, 1.165) is 22.9 Å². The van der Waals surface area contributed by atoms with Crippen molar-refractivity contribution in [2.45, 2.75) is 6.56 Å². The van der Waals surface area contributed by atoms with Gasteiger partial charge in [-0.05, 0) is 35.8 Å². The summed E-state index contributed by atoms with van der Waals surface area (Å²) in [5.41, 5.74) is -1.30. The Morgan fingerprint density at radius 1 is 1.41 bits per heavy atom. The van der Waals surface area contributed by atoms with Gasteiger partial charge in [-0.15, -0.1) is 0 Å². The van der Waals surface area contributed by atoms with Gasteiger partial charge < -0.3 is 9.84 Å². The van der Waals surface area contributed by atoms with Crippen molar-refractivity contribution in [1.29, 1.82) is 0 Å². The molecule has 0 aliphatic heterocycles. The summed E-state index contributed by atoms with van der Waals surface area (Å²) < 4.78 is 51.7. The molecule has 0 fully saturated rings. The second-order valence-corrected chi connectivity index (χ2v) is 3.12. The number of hydrogen-bond donors (Lipinski definition) is 1. The number of methoxy groups -OCH3 is 1. The fourth-order valence-corrected chi connectivity index (χ4v) is 1.24. The topological polar surface area (TPSA) is 51.5 Å². The average Bonchev–Trinajstić information content (AvgIpc) is 2.47. The fourth-order valence-electron chi connectivity index (χ4n) is 1.24. The molecule has 0 unspecified atom stereocenters. The Morgan fingerprint density at radius 2 is 2.12 bits per heavy atom. The van der Waals surface area contributed by atoms with Gasteiger partial charge >= 0.3 is 0 Å². The minimum absolute atomic E-state index is 0.259. The third-order valence-corrected chi connectivity index (χ3v) is 2.07. The van der Waals surface area contributed by atoms with Crippen LogP contribution >= 0.6 is 0 Å². The van der Waals surface area contributed by atoms with E-state index in [1.165, 1.54) is 7.11 Å². The molecule has 1 aromatic heterocycles. The van der Waals surface area contributed by atoms with Gasteiger partial charge in [-0.25, -0.2) is 0 Å². The molecule has 0 aliphatic carbocycles. The van der Waals surface area contributed by atoms with Gasteiger partial charge in [0.25, 0.3) is 5.56 Å². The summed E-state index contributed by atoms with van der Waals surface area (Å²) in [6, 6.07) is 0.0975. The molecule has 0 bridgehead atoms. The summed E-state index contributed by atoms with van der Waals surface area (Å²) in [7, 11) is 1.21. The molecule has 2 rings (SSSR count). The molecule has 0 amide bonds. The second kappa shape index (κ2) is 4.84. The van der Waals surface area contributed by atoms with Gasteiger partial charge in [0.2, 0.25) is 0 Å². The number of benzene rings is 1. The quantitative estimate of drug-likeness (QED) is 0.876. The zero-order valence-corrected chi connectivity index (χ0v) is 8.94. The lowest BCUT2D eigenvalue weighted by atomic mass is 10.2. The third-order valence-electron chi connectivity index (χ3n) is 2.07. The molecular formula is C13H13NO3. The van der Waals surface area contributed by atoms with Gasteiger partial charge in [0.15, 0.2) is 0 Å². The van der Waals surface area contributed by atoms with Crippen LogP contribution in [0.1, 0.15) is 13.8 Å². The maximum atomic E-state index is 12.0. The Labute approximate surface area is 107 Å². The molecule has 0 spiro atoms. The summed E-state index contributed by atoms with van der Waals surface area (Å²) in [5, 5.41) is 9.41. The van der Waals surface area contributed by atoms with Gasteiger partial charge in [-0.1, -0.05) is 0 Å². The second-order valence-electron chi connectivity index (χ2n) is 3.12. The number of hydrogen-bond acceptors (Lipinski definition) is 3. The minimum atomic E-state index is -2.72. The first kappa shape index (κ1) is 6.02. The van der Waals surface area contributed by atoms with E-state index < -0.39 is 36.3 Å². The van der Waals surface area contributed by atoms with E-state index in [4.69, 9.17) is 13.0 Å². The Bertz CT molecular complexity index is 799. The summed E-state index contributed by atoms with van der Waals surface area (Å²) >= 11 is 0. The smallest absolute Gasteiger partial charge is 0.255 e. The molecule has 88 valence electrons. The van der Waals surface area contributed by atoms with Crippen LogP contribution in [0.2, 0.25) is 0 Å². The molecule has 0 radical (unpaired) electrons. The molecule has 1 N–H and O–H groups in total. The fraction of sp³-hybridized carbons (Fsp3) is 0.154. The maximum absolute atomic E-state index is 12.0. The van der Waals surface area contributed by atoms with E-state index in [1.54, 1.807) is 0 Å². The number of pyridine rings is 1. The predicted molar refractivity (Wildman–Crippen MR) is 64.5 cm³/mol. The number of nitrogens with zero attached hydrogens (tertiary/aromatic N) is 1. The van der Waals surface area contributed by atoms with E-state index in [1.807, 2.05) is 0 Å². The Balaban J connectivity index is 2.86. The van der Waals surface area contributed by atoms with Crippen LogP contribution in [-0.2, 0) is 6.56 Å². The highest BCUT2D eigenvalue weighted by Gasteiger charge is 2.01. The Kier molecular flexibility index (Phi) is 1.72. The molecular weight excluding hydrogens is 218 g/mol. The molecule has 0 saturated carbocycles. The van der Waals surface area contributed by atoms with E-state index in [0.29, 0.717) is 0 Å². The van der Waals surface area contributed by atoms with Crippen LogP contribution in [0.5, 0.6) is 5.75 Å². The van der Waals surface area contributed by atoms with Crippen LogP contribution in [0.25, 0.3) is 5.69 Å². The highest BCUT2D eigenvalue weighted by Crippen LogP contribution is 2.13. The standard InChI is InChI=1S/C13H13NO3/c1-17-12-5-3-11(4-6-12)14-8-10(9-15)2-7-13(14)16/h2-8,15H,9H2,1H3/i3D,4D,5D,6D,9D2. The molecule has 4 heteroatoms. The van der Waals surface area contributed by atoms with Gasteiger partial charge in [0, 0.05) is 18.0 Å². The van der Waals surface area contributed by atoms with E-state index >= 15 is 0 Å². The van der Waals surface area contributed by atoms with E-state index in [9.17, 15) is 9.90 Å². The van der Waals surface area contributed by atoms with Gasteiger partial charge in [0.1, 0.15) is 5.75 Å². The zero-order chi connectivity index (χ0) is 17.5. The molecule has 0 atom stereocenters.